The molecule has 1 unspecified atom stereocenters. The number of methoxy groups -OCH3 is 1. The molecule has 18 heavy (non-hydrogen) atoms. The summed E-state index contributed by atoms with van der Waals surface area (Å²) in [5, 5.41) is 11.5. The van der Waals surface area contributed by atoms with Crippen molar-refractivity contribution in [1.29, 1.82) is 0 Å². The first-order chi connectivity index (χ1) is 8.65. The number of furan rings is 1. The minimum atomic E-state index is -1.01. The topological polar surface area (TPSA) is 72.6 Å². The summed E-state index contributed by atoms with van der Waals surface area (Å²) in [6, 6.07) is 1.47. The van der Waals surface area contributed by atoms with Crippen molar-refractivity contribution in [2.45, 2.75) is 19.4 Å². The van der Waals surface area contributed by atoms with Crippen LogP contribution in [0.15, 0.2) is 22.1 Å². The monoisotopic (exact) mass is 267 g/mol. The molecule has 0 amide bonds. The minimum absolute atomic E-state index is 0.0299. The van der Waals surface area contributed by atoms with Gasteiger partial charge in [0.25, 0.3) is 0 Å². The number of aromatic nitrogens is 1. The molecular weight excluding hydrogens is 254 g/mol. The Bertz CT molecular complexity index is 542. The van der Waals surface area contributed by atoms with Crippen LogP contribution in [0.1, 0.15) is 34.8 Å². The Labute approximate surface area is 108 Å². The zero-order valence-electron chi connectivity index (χ0n) is 10.0. The number of carboxylic acids is 1. The number of aromatic carboxylic acids is 1. The van der Waals surface area contributed by atoms with E-state index in [1.807, 2.05) is 12.3 Å². The van der Waals surface area contributed by atoms with Crippen molar-refractivity contribution in [2.75, 3.05) is 7.11 Å². The van der Waals surface area contributed by atoms with Crippen LogP contribution in [0.3, 0.4) is 0 Å². The highest BCUT2D eigenvalue weighted by atomic mass is 32.1. The molecule has 2 heterocycles. The Morgan fingerprint density at radius 3 is 3.00 bits per heavy atom. The van der Waals surface area contributed by atoms with Gasteiger partial charge in [0.1, 0.15) is 23.1 Å². The van der Waals surface area contributed by atoms with E-state index in [1.54, 1.807) is 7.11 Å². The second-order valence-corrected chi connectivity index (χ2v) is 4.60. The smallest absolute Gasteiger partial charge is 0.338 e. The lowest BCUT2D eigenvalue weighted by molar-refractivity contribution is 0.0696. The molecule has 0 fully saturated rings. The molecule has 96 valence electrons. The van der Waals surface area contributed by atoms with E-state index in [0.29, 0.717) is 11.5 Å². The van der Waals surface area contributed by atoms with E-state index in [4.69, 9.17) is 14.3 Å². The molecule has 0 saturated heterocycles. The van der Waals surface area contributed by atoms with Crippen molar-refractivity contribution in [3.05, 3.63) is 28.3 Å². The van der Waals surface area contributed by atoms with E-state index in [9.17, 15) is 4.79 Å². The Morgan fingerprint density at radius 1 is 1.67 bits per heavy atom. The first-order valence-corrected chi connectivity index (χ1v) is 6.34. The van der Waals surface area contributed by atoms with Crippen molar-refractivity contribution in [3.8, 4) is 11.5 Å². The lowest BCUT2D eigenvalue weighted by atomic mass is 10.2. The number of hydrogen-bond donors (Lipinski definition) is 1. The standard InChI is InChI=1S/C12H13NO4S/c1-3-9(16-2)11-13-8(6-18-11)10-4-7(5-17-10)12(14)15/h4-6,9H,3H2,1-2H3,(H,14,15). The maximum atomic E-state index is 10.8. The molecule has 0 radical (unpaired) electrons. The van der Waals surface area contributed by atoms with E-state index in [2.05, 4.69) is 4.98 Å². The fourth-order valence-corrected chi connectivity index (χ4v) is 2.54. The maximum Gasteiger partial charge on any atom is 0.338 e. The van der Waals surface area contributed by atoms with E-state index in [1.165, 1.54) is 23.7 Å². The van der Waals surface area contributed by atoms with Gasteiger partial charge in [-0.25, -0.2) is 9.78 Å². The molecule has 0 bridgehead atoms. The summed E-state index contributed by atoms with van der Waals surface area (Å²) in [6.45, 7) is 2.02. The normalized spacial score (nSPS) is 12.6. The van der Waals surface area contributed by atoms with Gasteiger partial charge >= 0.3 is 5.97 Å². The van der Waals surface area contributed by atoms with Crippen molar-refractivity contribution < 1.29 is 19.1 Å². The van der Waals surface area contributed by atoms with Gasteiger partial charge in [-0.3, -0.25) is 0 Å². The second-order valence-electron chi connectivity index (χ2n) is 3.71. The summed E-state index contributed by atoms with van der Waals surface area (Å²) in [7, 11) is 1.64. The number of carboxylic acid groups (broad SMARTS) is 1. The summed E-state index contributed by atoms with van der Waals surface area (Å²) in [4.78, 5) is 15.2. The lowest BCUT2D eigenvalue weighted by Gasteiger charge is -2.08. The number of ether oxygens (including phenoxy) is 1. The van der Waals surface area contributed by atoms with Crippen molar-refractivity contribution in [3.63, 3.8) is 0 Å². The third-order valence-electron chi connectivity index (χ3n) is 2.55. The number of carbonyl (C=O) groups is 1. The van der Waals surface area contributed by atoms with Crippen molar-refractivity contribution in [2.24, 2.45) is 0 Å². The summed E-state index contributed by atoms with van der Waals surface area (Å²) in [5.74, 6) is -0.551. The van der Waals surface area contributed by atoms with Gasteiger partial charge in [-0.1, -0.05) is 6.92 Å². The average molecular weight is 267 g/mol. The first-order valence-electron chi connectivity index (χ1n) is 5.46. The van der Waals surface area contributed by atoms with E-state index >= 15 is 0 Å². The largest absolute Gasteiger partial charge is 0.478 e. The fraction of sp³-hybridized carbons (Fsp3) is 0.333. The van der Waals surface area contributed by atoms with Gasteiger partial charge in [0.15, 0.2) is 5.76 Å². The van der Waals surface area contributed by atoms with Gasteiger partial charge in [-0.15, -0.1) is 11.3 Å². The van der Waals surface area contributed by atoms with E-state index < -0.39 is 5.97 Å². The lowest BCUT2D eigenvalue weighted by Crippen LogP contribution is -1.98. The molecule has 5 nitrogen and oxygen atoms in total. The summed E-state index contributed by atoms with van der Waals surface area (Å²) < 4.78 is 10.5. The number of thiazole rings is 1. The van der Waals surface area contributed by atoms with Crippen LogP contribution in [0.5, 0.6) is 0 Å². The Hall–Kier alpha value is -1.66. The molecule has 2 aromatic heterocycles. The molecule has 1 atom stereocenters. The summed E-state index contributed by atoms with van der Waals surface area (Å²) in [5.41, 5.74) is 0.760. The molecule has 0 aromatic carbocycles. The molecule has 0 aliphatic rings. The van der Waals surface area contributed by atoms with Gasteiger partial charge in [0, 0.05) is 18.6 Å². The Kier molecular flexibility index (Phi) is 3.78. The van der Waals surface area contributed by atoms with E-state index in [0.717, 1.165) is 11.4 Å². The zero-order chi connectivity index (χ0) is 13.1. The molecule has 1 N–H and O–H groups in total. The molecule has 0 aliphatic carbocycles. The van der Waals surface area contributed by atoms with Crippen LogP contribution >= 0.6 is 11.3 Å². The maximum absolute atomic E-state index is 10.8. The second kappa shape index (κ2) is 5.32. The third kappa shape index (κ3) is 2.44. The van der Waals surface area contributed by atoms with E-state index in [-0.39, 0.29) is 11.7 Å². The fourth-order valence-electron chi connectivity index (χ4n) is 1.57. The van der Waals surface area contributed by atoms with Crippen LogP contribution < -0.4 is 0 Å². The number of rotatable bonds is 5. The molecule has 2 rings (SSSR count). The average Bonchev–Trinajstić information content (AvgIpc) is 2.98. The van der Waals surface area contributed by atoms with Crippen molar-refractivity contribution >= 4 is 17.3 Å². The van der Waals surface area contributed by atoms with Crippen LogP contribution in [-0.2, 0) is 4.74 Å². The molecule has 0 saturated carbocycles. The molecule has 6 heteroatoms. The van der Waals surface area contributed by atoms with Crippen LogP contribution in [0.4, 0.5) is 0 Å². The number of nitrogens with zero attached hydrogens (tertiary/aromatic N) is 1. The highest BCUT2D eigenvalue weighted by Crippen LogP contribution is 2.29. The van der Waals surface area contributed by atoms with Crippen LogP contribution in [0.25, 0.3) is 11.5 Å². The molecule has 2 aromatic rings. The van der Waals surface area contributed by atoms with Gasteiger partial charge in [-0.2, -0.15) is 0 Å². The van der Waals surface area contributed by atoms with Crippen LogP contribution in [0.2, 0.25) is 0 Å². The van der Waals surface area contributed by atoms with Crippen LogP contribution in [-0.4, -0.2) is 23.2 Å². The van der Waals surface area contributed by atoms with Crippen LogP contribution in [0, 0.1) is 0 Å². The predicted octanol–water partition coefficient (Wildman–Crippen LogP) is 3.20. The zero-order valence-corrected chi connectivity index (χ0v) is 10.9. The van der Waals surface area contributed by atoms with Crippen molar-refractivity contribution in [1.82, 2.24) is 4.98 Å². The molecular formula is C12H13NO4S. The number of hydrogen-bond acceptors (Lipinski definition) is 5. The highest BCUT2D eigenvalue weighted by molar-refractivity contribution is 7.10. The summed E-state index contributed by atoms with van der Waals surface area (Å²) >= 11 is 1.48. The van der Waals surface area contributed by atoms with Gasteiger partial charge in [0.2, 0.25) is 0 Å². The van der Waals surface area contributed by atoms with Gasteiger partial charge < -0.3 is 14.3 Å². The highest BCUT2D eigenvalue weighted by Gasteiger charge is 2.16. The molecule has 0 spiro atoms. The quantitative estimate of drug-likeness (QED) is 0.900. The van der Waals surface area contributed by atoms with Gasteiger partial charge in [-0.05, 0) is 6.42 Å². The molecule has 0 aliphatic heterocycles. The minimum Gasteiger partial charge on any atom is -0.478 e. The third-order valence-corrected chi connectivity index (χ3v) is 3.49. The Morgan fingerprint density at radius 2 is 2.44 bits per heavy atom. The SMILES string of the molecule is CCC(OC)c1nc(-c2cc(C(=O)O)co2)cs1. The predicted molar refractivity (Wildman–Crippen MR) is 66.8 cm³/mol. The first kappa shape index (κ1) is 12.8. The Balaban J connectivity index is 2.26. The summed E-state index contributed by atoms with van der Waals surface area (Å²) in [6.07, 6.45) is 2.02. The van der Waals surface area contributed by atoms with Gasteiger partial charge in [0.05, 0.1) is 5.56 Å².